The van der Waals surface area contributed by atoms with E-state index in [4.69, 9.17) is 0 Å². The molecule has 0 radical (unpaired) electrons. The number of fused-ring (bicyclic) bond motifs is 4. The number of piperazine rings is 1. The molecule has 8 nitrogen and oxygen atoms in total. The summed E-state index contributed by atoms with van der Waals surface area (Å²) in [5.41, 5.74) is 4.55. The van der Waals surface area contributed by atoms with Crippen LogP contribution in [0.25, 0.3) is 0 Å². The molecular weight excluding hydrogens is 569 g/mol. The van der Waals surface area contributed by atoms with Crippen molar-refractivity contribution in [3.05, 3.63) is 130 Å². The van der Waals surface area contributed by atoms with Crippen LogP contribution in [0.4, 0.5) is 15.8 Å². The lowest BCUT2D eigenvalue weighted by atomic mass is 9.83. The summed E-state index contributed by atoms with van der Waals surface area (Å²) < 4.78 is 15.5. The molecule has 9 heteroatoms. The van der Waals surface area contributed by atoms with Gasteiger partial charge in [0, 0.05) is 81.2 Å². The molecule has 2 fully saturated rings. The molecule has 2 amide bonds. The predicted octanol–water partition coefficient (Wildman–Crippen LogP) is 4.82. The molecule has 230 valence electrons. The molecule has 0 saturated carbocycles. The highest BCUT2D eigenvalue weighted by atomic mass is 19.1. The van der Waals surface area contributed by atoms with Gasteiger partial charge in [-0.15, -0.1) is 0 Å². The van der Waals surface area contributed by atoms with Crippen LogP contribution in [-0.4, -0.2) is 65.4 Å². The number of rotatable bonds is 6. The molecule has 2 bridgehead atoms. The van der Waals surface area contributed by atoms with Crippen molar-refractivity contribution in [2.45, 2.75) is 25.4 Å². The zero-order valence-electron chi connectivity index (χ0n) is 25.1. The number of anilines is 2. The summed E-state index contributed by atoms with van der Waals surface area (Å²) in [6.45, 7) is 5.75. The molecule has 1 aromatic heterocycles. The Morgan fingerprint density at radius 2 is 1.56 bits per heavy atom. The van der Waals surface area contributed by atoms with Crippen LogP contribution in [0.3, 0.4) is 0 Å². The molecule has 4 heterocycles. The van der Waals surface area contributed by atoms with Crippen molar-refractivity contribution < 1.29 is 14.0 Å². The van der Waals surface area contributed by atoms with Crippen molar-refractivity contribution in [1.82, 2.24) is 14.4 Å². The van der Waals surface area contributed by atoms with Gasteiger partial charge in [0.05, 0.1) is 11.4 Å². The molecule has 2 unspecified atom stereocenters. The summed E-state index contributed by atoms with van der Waals surface area (Å²) >= 11 is 0. The fourth-order valence-corrected chi connectivity index (χ4v) is 7.07. The summed E-state index contributed by atoms with van der Waals surface area (Å²) in [6.07, 6.45) is 1.00. The van der Waals surface area contributed by atoms with Crippen LogP contribution in [0.2, 0.25) is 0 Å². The van der Waals surface area contributed by atoms with Crippen LogP contribution in [-0.2, 0) is 13.1 Å². The summed E-state index contributed by atoms with van der Waals surface area (Å²) in [4.78, 5) is 46.1. The second kappa shape index (κ2) is 12.3. The molecule has 0 spiro atoms. The number of halogens is 1. The van der Waals surface area contributed by atoms with E-state index in [0.717, 1.165) is 44.0 Å². The van der Waals surface area contributed by atoms with Crippen molar-refractivity contribution in [1.29, 1.82) is 0 Å². The molecule has 3 aromatic carbocycles. The van der Waals surface area contributed by atoms with Gasteiger partial charge in [-0.25, -0.2) is 4.39 Å². The van der Waals surface area contributed by atoms with Gasteiger partial charge >= 0.3 is 0 Å². The number of carbonyl (C=O) groups is 2. The Kier molecular flexibility index (Phi) is 7.94. The van der Waals surface area contributed by atoms with E-state index in [1.807, 2.05) is 51.9 Å². The standard InChI is InChI=1S/C36H36FN5O3/c37-30-12-9-27(10-13-30)35(44)38-31-20-28(36(45)40-17-15-39(16-18-40)21-25-5-2-1-3-6-25)11-14-33(31)41-22-26-19-29(24-41)32-7-4-8-34(43)42(32)23-26/h1-14,20,26,29H,15-19,21-24H2,(H,38,44). The monoisotopic (exact) mass is 605 g/mol. The number of nitrogens with zero attached hydrogens (tertiary/aromatic N) is 4. The number of aromatic nitrogens is 1. The van der Waals surface area contributed by atoms with Gasteiger partial charge in [0.15, 0.2) is 0 Å². The first kappa shape index (κ1) is 29.0. The van der Waals surface area contributed by atoms with Gasteiger partial charge in [0.2, 0.25) is 0 Å². The number of hydrogen-bond acceptors (Lipinski definition) is 5. The minimum atomic E-state index is -0.414. The van der Waals surface area contributed by atoms with E-state index in [0.29, 0.717) is 43.0 Å². The first-order chi connectivity index (χ1) is 21.9. The average molecular weight is 606 g/mol. The van der Waals surface area contributed by atoms with Gasteiger partial charge in [-0.1, -0.05) is 36.4 Å². The zero-order chi connectivity index (χ0) is 30.9. The summed E-state index contributed by atoms with van der Waals surface area (Å²) in [7, 11) is 0. The molecule has 3 aliphatic heterocycles. The molecule has 45 heavy (non-hydrogen) atoms. The Bertz CT molecular complexity index is 1770. The molecule has 1 N–H and O–H groups in total. The molecule has 4 aromatic rings. The minimum absolute atomic E-state index is 0.0339. The van der Waals surface area contributed by atoms with Crippen molar-refractivity contribution in [3.63, 3.8) is 0 Å². The average Bonchev–Trinajstić information content (AvgIpc) is 3.06. The molecule has 2 saturated heterocycles. The normalized spacial score (nSPS) is 19.6. The fraction of sp³-hybridized carbons (Fsp3) is 0.306. The number of piperidine rings is 1. The molecule has 0 aliphatic carbocycles. The van der Waals surface area contributed by atoms with Crippen LogP contribution in [0, 0.1) is 11.7 Å². The number of pyridine rings is 1. The third-order valence-corrected chi connectivity index (χ3v) is 9.33. The second-order valence-corrected chi connectivity index (χ2v) is 12.4. The third-order valence-electron chi connectivity index (χ3n) is 9.33. The van der Waals surface area contributed by atoms with Crippen LogP contribution in [0.15, 0.2) is 95.8 Å². The Hall–Kier alpha value is -4.76. The Morgan fingerprint density at radius 1 is 0.800 bits per heavy atom. The first-order valence-corrected chi connectivity index (χ1v) is 15.6. The predicted molar refractivity (Wildman–Crippen MR) is 172 cm³/mol. The van der Waals surface area contributed by atoms with Gasteiger partial charge in [-0.05, 0) is 66.4 Å². The van der Waals surface area contributed by atoms with Gasteiger partial charge in [-0.2, -0.15) is 0 Å². The van der Waals surface area contributed by atoms with Crippen molar-refractivity contribution in [2.75, 3.05) is 49.5 Å². The second-order valence-electron chi connectivity index (χ2n) is 12.4. The van der Waals surface area contributed by atoms with E-state index in [1.165, 1.54) is 29.8 Å². The number of amides is 2. The first-order valence-electron chi connectivity index (χ1n) is 15.6. The topological polar surface area (TPSA) is 77.9 Å². The van der Waals surface area contributed by atoms with E-state index < -0.39 is 5.82 Å². The number of benzene rings is 3. The molecule has 2 atom stereocenters. The van der Waals surface area contributed by atoms with Gasteiger partial charge in [0.1, 0.15) is 5.82 Å². The van der Waals surface area contributed by atoms with E-state index >= 15 is 0 Å². The number of hydrogen-bond donors (Lipinski definition) is 1. The quantitative estimate of drug-likeness (QED) is 0.341. The van der Waals surface area contributed by atoms with Crippen LogP contribution < -0.4 is 15.8 Å². The van der Waals surface area contributed by atoms with E-state index in [1.54, 1.807) is 12.1 Å². The van der Waals surface area contributed by atoms with E-state index in [-0.39, 0.29) is 29.2 Å². The van der Waals surface area contributed by atoms with Gasteiger partial charge in [-0.3, -0.25) is 19.3 Å². The fourth-order valence-electron chi connectivity index (χ4n) is 7.07. The highest BCUT2D eigenvalue weighted by Crippen LogP contribution is 2.39. The van der Waals surface area contributed by atoms with Gasteiger partial charge < -0.3 is 19.7 Å². The third kappa shape index (κ3) is 6.13. The number of carbonyl (C=O) groups excluding carboxylic acids is 2. The van der Waals surface area contributed by atoms with Crippen molar-refractivity contribution in [3.8, 4) is 0 Å². The van der Waals surface area contributed by atoms with Crippen LogP contribution in [0.5, 0.6) is 0 Å². The Labute approximate surface area is 261 Å². The van der Waals surface area contributed by atoms with Crippen LogP contribution >= 0.6 is 0 Å². The summed E-state index contributed by atoms with van der Waals surface area (Å²) in [6, 6.07) is 26.8. The van der Waals surface area contributed by atoms with Crippen molar-refractivity contribution >= 4 is 23.2 Å². The molecule has 3 aliphatic rings. The van der Waals surface area contributed by atoms with Crippen molar-refractivity contribution in [2.24, 2.45) is 5.92 Å². The highest BCUT2D eigenvalue weighted by Gasteiger charge is 2.35. The Morgan fingerprint density at radius 3 is 2.33 bits per heavy atom. The molecular formula is C36H36FN5O3. The Balaban J connectivity index is 1.13. The van der Waals surface area contributed by atoms with E-state index in [2.05, 4.69) is 27.2 Å². The lowest BCUT2D eigenvalue weighted by Crippen LogP contribution is -2.48. The largest absolute Gasteiger partial charge is 0.369 e. The van der Waals surface area contributed by atoms with E-state index in [9.17, 15) is 18.8 Å². The van der Waals surface area contributed by atoms with Crippen LogP contribution in [0.1, 0.15) is 44.3 Å². The lowest BCUT2D eigenvalue weighted by Gasteiger charge is -2.44. The maximum absolute atomic E-state index is 13.7. The smallest absolute Gasteiger partial charge is 0.255 e. The lowest BCUT2D eigenvalue weighted by molar-refractivity contribution is 0.0628. The summed E-state index contributed by atoms with van der Waals surface area (Å²) in [5, 5.41) is 3.03. The maximum atomic E-state index is 13.7. The number of nitrogens with one attached hydrogen (secondary N) is 1. The minimum Gasteiger partial charge on any atom is -0.369 e. The molecule has 7 rings (SSSR count). The maximum Gasteiger partial charge on any atom is 0.255 e. The van der Waals surface area contributed by atoms with Gasteiger partial charge in [0.25, 0.3) is 17.4 Å². The highest BCUT2D eigenvalue weighted by molar-refractivity contribution is 6.07. The zero-order valence-corrected chi connectivity index (χ0v) is 25.1. The summed E-state index contributed by atoms with van der Waals surface area (Å²) in [5.74, 6) is -0.388. The SMILES string of the molecule is O=C(Nc1cc(C(=O)N2CCN(Cc3ccccc3)CC2)ccc1N1CC2CC(C1)c1cccc(=O)n1C2)c1ccc(F)cc1.